The molecule has 0 amide bonds. The second-order valence-corrected chi connectivity index (χ2v) is 7.01. The first-order chi connectivity index (χ1) is 11.2. The first kappa shape index (κ1) is 14.9. The number of aliphatic hydroxyl groups is 1. The lowest BCUT2D eigenvalue weighted by Crippen LogP contribution is -2.47. The Balaban J connectivity index is 1.46. The Morgan fingerprint density at radius 3 is 2.78 bits per heavy atom. The molecule has 1 unspecified atom stereocenters. The molecular weight excluding hydrogens is 286 g/mol. The van der Waals surface area contributed by atoms with E-state index in [0.717, 1.165) is 45.4 Å². The van der Waals surface area contributed by atoms with Crippen LogP contribution in [0.15, 0.2) is 36.7 Å². The van der Waals surface area contributed by atoms with E-state index in [0.29, 0.717) is 0 Å². The number of benzene rings is 1. The normalized spacial score (nSPS) is 23.3. The van der Waals surface area contributed by atoms with Crippen molar-refractivity contribution in [2.75, 3.05) is 13.1 Å². The van der Waals surface area contributed by atoms with Gasteiger partial charge in [0.15, 0.2) is 0 Å². The van der Waals surface area contributed by atoms with Crippen LogP contribution >= 0.6 is 0 Å². The fourth-order valence-electron chi connectivity index (χ4n) is 4.40. The molecule has 1 fully saturated rings. The van der Waals surface area contributed by atoms with Gasteiger partial charge in [0.05, 0.1) is 12.3 Å². The Morgan fingerprint density at radius 2 is 2.04 bits per heavy atom. The Hall–Kier alpha value is -1.65. The number of hydrogen-bond acceptors (Lipinski definition) is 3. The summed E-state index contributed by atoms with van der Waals surface area (Å²) in [6, 6.07) is 8.61. The summed E-state index contributed by atoms with van der Waals surface area (Å²) >= 11 is 0. The van der Waals surface area contributed by atoms with Crippen molar-refractivity contribution < 1.29 is 5.11 Å². The minimum atomic E-state index is -0.218. The topological polar surface area (TPSA) is 41.3 Å². The average Bonchev–Trinajstić information content (AvgIpc) is 3.13. The van der Waals surface area contributed by atoms with Gasteiger partial charge in [0, 0.05) is 30.3 Å². The summed E-state index contributed by atoms with van der Waals surface area (Å²) in [6.07, 6.45) is 6.82. The molecule has 4 heteroatoms. The highest BCUT2D eigenvalue weighted by Gasteiger charge is 2.47. The van der Waals surface area contributed by atoms with Crippen molar-refractivity contribution in [3.8, 4) is 0 Å². The van der Waals surface area contributed by atoms with Crippen molar-refractivity contribution >= 4 is 0 Å². The molecule has 1 aliphatic heterocycles. The van der Waals surface area contributed by atoms with Gasteiger partial charge < -0.3 is 5.11 Å². The van der Waals surface area contributed by atoms with Gasteiger partial charge in [-0.2, -0.15) is 5.10 Å². The van der Waals surface area contributed by atoms with Crippen LogP contribution in [0, 0.1) is 0 Å². The smallest absolute Gasteiger partial charge is 0.0678 e. The number of piperidine rings is 1. The highest BCUT2D eigenvalue weighted by molar-refractivity contribution is 5.42. The predicted octanol–water partition coefficient (Wildman–Crippen LogP) is 2.35. The molecule has 1 aromatic carbocycles. The lowest BCUT2D eigenvalue weighted by atomic mass is 9.72. The average molecular weight is 311 g/mol. The van der Waals surface area contributed by atoms with Crippen LogP contribution in [0.5, 0.6) is 0 Å². The van der Waals surface area contributed by atoms with Gasteiger partial charge in [0.1, 0.15) is 0 Å². The molecule has 4 nitrogen and oxygen atoms in total. The van der Waals surface area contributed by atoms with Crippen LogP contribution in [0.25, 0.3) is 0 Å². The van der Waals surface area contributed by atoms with Crippen LogP contribution < -0.4 is 0 Å². The van der Waals surface area contributed by atoms with Gasteiger partial charge in [-0.05, 0) is 50.4 Å². The standard InChI is InChI=1S/C19H25N3O/c1-2-22-14-15(12-20-22)13-21-9-7-19(8-10-21)17-6-4-3-5-16(17)11-18(19)23/h3-6,12,14,18,23H,2,7-11,13H2,1H3. The summed E-state index contributed by atoms with van der Waals surface area (Å²) in [4.78, 5) is 2.50. The Labute approximate surface area is 137 Å². The van der Waals surface area contributed by atoms with E-state index >= 15 is 0 Å². The Bertz CT molecular complexity index is 685. The van der Waals surface area contributed by atoms with Crippen molar-refractivity contribution in [2.45, 2.75) is 50.8 Å². The lowest BCUT2D eigenvalue weighted by Gasteiger charge is -2.42. The van der Waals surface area contributed by atoms with Gasteiger partial charge in [0.25, 0.3) is 0 Å². The molecule has 2 aromatic rings. The van der Waals surface area contributed by atoms with Crippen LogP contribution in [0.1, 0.15) is 36.5 Å². The monoisotopic (exact) mass is 311 g/mol. The van der Waals surface area contributed by atoms with Gasteiger partial charge in [-0.25, -0.2) is 0 Å². The molecule has 4 rings (SSSR count). The number of hydrogen-bond donors (Lipinski definition) is 1. The molecule has 1 N–H and O–H groups in total. The zero-order chi connectivity index (χ0) is 15.9. The summed E-state index contributed by atoms with van der Waals surface area (Å²) in [5.74, 6) is 0. The van der Waals surface area contributed by atoms with Crippen LogP contribution in [-0.2, 0) is 24.9 Å². The van der Waals surface area contributed by atoms with Crippen LogP contribution in [0.4, 0.5) is 0 Å². The molecule has 2 heterocycles. The first-order valence-electron chi connectivity index (χ1n) is 8.71. The van der Waals surface area contributed by atoms with Gasteiger partial charge in [0.2, 0.25) is 0 Å². The second kappa shape index (κ2) is 5.77. The van der Waals surface area contributed by atoms with E-state index in [1.54, 1.807) is 0 Å². The van der Waals surface area contributed by atoms with Crippen LogP contribution in [0.3, 0.4) is 0 Å². The largest absolute Gasteiger partial charge is 0.392 e. The highest BCUT2D eigenvalue weighted by atomic mass is 16.3. The molecule has 1 spiro atoms. The zero-order valence-electron chi connectivity index (χ0n) is 13.8. The summed E-state index contributed by atoms with van der Waals surface area (Å²) < 4.78 is 1.98. The van der Waals surface area contributed by atoms with Crippen molar-refractivity contribution in [3.05, 3.63) is 53.3 Å². The number of fused-ring (bicyclic) bond motifs is 2. The maximum Gasteiger partial charge on any atom is 0.0678 e. The molecule has 23 heavy (non-hydrogen) atoms. The zero-order valence-corrected chi connectivity index (χ0v) is 13.8. The number of nitrogens with zero attached hydrogens (tertiary/aromatic N) is 3. The Kier molecular flexibility index (Phi) is 3.74. The van der Waals surface area contributed by atoms with E-state index in [9.17, 15) is 5.11 Å². The molecule has 0 radical (unpaired) electrons. The number of aryl methyl sites for hydroxylation is 1. The summed E-state index contributed by atoms with van der Waals surface area (Å²) in [5, 5.41) is 15.1. The minimum absolute atomic E-state index is 0.0132. The molecule has 1 aromatic heterocycles. The third kappa shape index (κ3) is 2.50. The van der Waals surface area contributed by atoms with E-state index in [2.05, 4.69) is 47.4 Å². The lowest BCUT2D eigenvalue weighted by molar-refractivity contribution is 0.0414. The first-order valence-corrected chi connectivity index (χ1v) is 8.71. The molecule has 0 bridgehead atoms. The number of aromatic nitrogens is 2. The maximum absolute atomic E-state index is 10.7. The van der Waals surface area contributed by atoms with E-state index in [4.69, 9.17) is 0 Å². The highest BCUT2D eigenvalue weighted by Crippen LogP contribution is 2.46. The van der Waals surface area contributed by atoms with Crippen LogP contribution in [-0.4, -0.2) is 39.0 Å². The van der Waals surface area contributed by atoms with Gasteiger partial charge >= 0.3 is 0 Å². The molecule has 1 atom stereocenters. The second-order valence-electron chi connectivity index (χ2n) is 7.01. The predicted molar refractivity (Wildman–Crippen MR) is 90.2 cm³/mol. The van der Waals surface area contributed by atoms with Crippen molar-refractivity contribution in [2.24, 2.45) is 0 Å². The number of rotatable bonds is 3. The van der Waals surface area contributed by atoms with Gasteiger partial charge in [-0.15, -0.1) is 0 Å². The van der Waals surface area contributed by atoms with Gasteiger partial charge in [-0.1, -0.05) is 24.3 Å². The molecule has 122 valence electrons. The van der Waals surface area contributed by atoms with E-state index in [1.165, 1.54) is 16.7 Å². The summed E-state index contributed by atoms with van der Waals surface area (Å²) in [7, 11) is 0. The summed E-state index contributed by atoms with van der Waals surface area (Å²) in [5.41, 5.74) is 4.01. The fourth-order valence-corrected chi connectivity index (χ4v) is 4.40. The molecular formula is C19H25N3O. The quantitative estimate of drug-likeness (QED) is 0.946. The maximum atomic E-state index is 10.7. The molecule has 0 saturated carbocycles. The molecule has 2 aliphatic rings. The number of aliphatic hydroxyl groups excluding tert-OH is 1. The minimum Gasteiger partial charge on any atom is -0.392 e. The van der Waals surface area contributed by atoms with E-state index in [-0.39, 0.29) is 11.5 Å². The Morgan fingerprint density at radius 1 is 1.26 bits per heavy atom. The van der Waals surface area contributed by atoms with E-state index < -0.39 is 0 Å². The van der Waals surface area contributed by atoms with Crippen molar-refractivity contribution in [1.29, 1.82) is 0 Å². The fraction of sp³-hybridized carbons (Fsp3) is 0.526. The molecule has 1 saturated heterocycles. The number of likely N-dealkylation sites (tertiary alicyclic amines) is 1. The molecule has 1 aliphatic carbocycles. The van der Waals surface area contributed by atoms with Crippen molar-refractivity contribution in [3.63, 3.8) is 0 Å². The SMILES string of the molecule is CCn1cc(CN2CCC3(CC2)c2ccccc2CC3O)cn1. The van der Waals surface area contributed by atoms with Crippen molar-refractivity contribution in [1.82, 2.24) is 14.7 Å². The third-order valence-electron chi connectivity index (χ3n) is 5.77. The van der Waals surface area contributed by atoms with Gasteiger partial charge in [-0.3, -0.25) is 9.58 Å². The third-order valence-corrected chi connectivity index (χ3v) is 5.77. The summed E-state index contributed by atoms with van der Waals surface area (Å²) in [6.45, 7) is 6.09. The van der Waals surface area contributed by atoms with Crippen LogP contribution in [0.2, 0.25) is 0 Å². The van der Waals surface area contributed by atoms with E-state index in [1.807, 2.05) is 10.9 Å².